The number of benzene rings is 1. The maximum absolute atomic E-state index is 9.81. The van der Waals surface area contributed by atoms with Crippen molar-refractivity contribution in [2.45, 2.75) is 46.3 Å². The molecule has 134 valence electrons. The van der Waals surface area contributed by atoms with Crippen LogP contribution in [0.25, 0.3) is 16.7 Å². The topological polar surface area (TPSA) is 53.6 Å². The lowest BCUT2D eigenvalue weighted by Crippen LogP contribution is -2.46. The molecule has 3 heterocycles. The summed E-state index contributed by atoms with van der Waals surface area (Å²) in [6.07, 6.45) is 1.21. The first kappa shape index (κ1) is 16.9. The van der Waals surface area contributed by atoms with Gasteiger partial charge in [-0.3, -0.25) is 4.40 Å². The van der Waals surface area contributed by atoms with Gasteiger partial charge in [0.1, 0.15) is 11.9 Å². The Kier molecular flexibility index (Phi) is 4.08. The van der Waals surface area contributed by atoms with E-state index in [1.54, 1.807) is 0 Å². The highest BCUT2D eigenvalue weighted by atomic mass is 16.5. The molecule has 5 nitrogen and oxygen atoms in total. The Bertz CT molecular complexity index is 1020. The average Bonchev–Trinajstić information content (AvgIpc) is 2.98. The summed E-state index contributed by atoms with van der Waals surface area (Å²) in [6, 6.07) is 10.5. The predicted octanol–water partition coefficient (Wildman–Crippen LogP) is 3.84. The molecular formula is C21H24N4O. The molecule has 0 aliphatic carbocycles. The predicted molar refractivity (Wildman–Crippen MR) is 104 cm³/mol. The first-order chi connectivity index (χ1) is 12.5. The van der Waals surface area contributed by atoms with E-state index in [0.717, 1.165) is 47.6 Å². The van der Waals surface area contributed by atoms with Crippen LogP contribution in [-0.2, 0) is 11.2 Å². The molecule has 1 aliphatic rings. The first-order valence-corrected chi connectivity index (χ1v) is 9.28. The van der Waals surface area contributed by atoms with Crippen molar-refractivity contribution in [3.05, 3.63) is 41.0 Å². The van der Waals surface area contributed by atoms with Crippen LogP contribution in [0.15, 0.2) is 24.3 Å². The van der Waals surface area contributed by atoms with Crippen LogP contribution in [0.5, 0.6) is 0 Å². The van der Waals surface area contributed by atoms with Crippen LogP contribution in [0, 0.1) is 18.3 Å². The van der Waals surface area contributed by atoms with Crippen molar-refractivity contribution in [1.82, 2.24) is 9.38 Å². The lowest BCUT2D eigenvalue weighted by atomic mass is 10.0. The smallest absolute Gasteiger partial charge is 0.157 e. The van der Waals surface area contributed by atoms with Crippen LogP contribution in [0.3, 0.4) is 0 Å². The van der Waals surface area contributed by atoms with Gasteiger partial charge in [0.15, 0.2) is 5.65 Å². The minimum absolute atomic E-state index is 0.171. The number of ether oxygens (including phenoxy) is 1. The molecule has 0 saturated carbocycles. The number of hydrogen-bond donors (Lipinski definition) is 0. The molecule has 1 aliphatic heterocycles. The van der Waals surface area contributed by atoms with Crippen LogP contribution >= 0.6 is 0 Å². The van der Waals surface area contributed by atoms with Gasteiger partial charge in [0.2, 0.25) is 0 Å². The zero-order valence-electron chi connectivity index (χ0n) is 15.8. The molecule has 1 aromatic carbocycles. The molecule has 2 unspecified atom stereocenters. The fourth-order valence-electron chi connectivity index (χ4n) is 4.27. The Morgan fingerprint density at radius 3 is 2.58 bits per heavy atom. The van der Waals surface area contributed by atoms with E-state index >= 15 is 0 Å². The summed E-state index contributed by atoms with van der Waals surface area (Å²) in [6.45, 7) is 10.1. The zero-order valence-corrected chi connectivity index (χ0v) is 15.8. The van der Waals surface area contributed by atoms with Gasteiger partial charge in [0, 0.05) is 13.1 Å². The lowest BCUT2D eigenvalue weighted by Gasteiger charge is -2.38. The highest BCUT2D eigenvalue weighted by molar-refractivity contribution is 5.86. The average molecular weight is 348 g/mol. The standard InChI is InChI=1S/C21H24N4O/c1-5-16-15(4)17(10-22)20-23-18-8-6-7-9-19(18)25(20)21(16)24-11-13(2)26-14(3)12-24/h6-9,13-14H,5,11-12H2,1-4H3. The summed E-state index contributed by atoms with van der Waals surface area (Å²) in [5.41, 5.74) is 5.67. The molecule has 0 amide bonds. The molecule has 1 fully saturated rings. The van der Waals surface area contributed by atoms with E-state index < -0.39 is 0 Å². The van der Waals surface area contributed by atoms with E-state index in [1.165, 1.54) is 5.56 Å². The fraction of sp³-hybridized carbons (Fsp3) is 0.429. The molecule has 1 saturated heterocycles. The van der Waals surface area contributed by atoms with E-state index in [2.05, 4.69) is 42.2 Å². The van der Waals surface area contributed by atoms with Gasteiger partial charge in [-0.1, -0.05) is 19.1 Å². The number of anilines is 1. The number of imidazole rings is 1. The quantitative estimate of drug-likeness (QED) is 0.706. The number of morpholine rings is 1. The molecule has 4 rings (SSSR count). The Balaban J connectivity index is 2.12. The number of pyridine rings is 1. The van der Waals surface area contributed by atoms with E-state index in [9.17, 15) is 5.26 Å². The van der Waals surface area contributed by atoms with E-state index in [0.29, 0.717) is 5.56 Å². The summed E-state index contributed by atoms with van der Waals surface area (Å²) in [5, 5.41) is 9.81. The monoisotopic (exact) mass is 348 g/mol. The number of aromatic nitrogens is 2. The van der Waals surface area contributed by atoms with E-state index in [1.807, 2.05) is 25.1 Å². The molecule has 0 spiro atoms. The molecule has 5 heteroatoms. The number of nitriles is 1. The van der Waals surface area contributed by atoms with Gasteiger partial charge in [0.05, 0.1) is 28.8 Å². The van der Waals surface area contributed by atoms with Gasteiger partial charge in [-0.05, 0) is 50.5 Å². The number of hydrogen-bond acceptors (Lipinski definition) is 4. The fourth-order valence-corrected chi connectivity index (χ4v) is 4.27. The summed E-state index contributed by atoms with van der Waals surface area (Å²) in [7, 11) is 0. The Morgan fingerprint density at radius 2 is 1.92 bits per heavy atom. The van der Waals surface area contributed by atoms with Crippen molar-refractivity contribution < 1.29 is 4.74 Å². The third-order valence-corrected chi connectivity index (χ3v) is 5.28. The van der Waals surface area contributed by atoms with Crippen LogP contribution in [0.4, 0.5) is 5.82 Å². The molecule has 0 bridgehead atoms. The van der Waals surface area contributed by atoms with Crippen LogP contribution in [0.2, 0.25) is 0 Å². The second-order valence-electron chi connectivity index (χ2n) is 7.19. The van der Waals surface area contributed by atoms with Crippen molar-refractivity contribution >= 4 is 22.5 Å². The summed E-state index contributed by atoms with van der Waals surface area (Å²) < 4.78 is 8.13. The summed E-state index contributed by atoms with van der Waals surface area (Å²) >= 11 is 0. The highest BCUT2D eigenvalue weighted by Gasteiger charge is 2.28. The van der Waals surface area contributed by atoms with E-state index in [4.69, 9.17) is 9.72 Å². The molecule has 26 heavy (non-hydrogen) atoms. The molecule has 2 atom stereocenters. The minimum Gasteiger partial charge on any atom is -0.372 e. The molecule has 0 N–H and O–H groups in total. The third-order valence-electron chi connectivity index (χ3n) is 5.28. The van der Waals surface area contributed by atoms with Crippen LogP contribution in [-0.4, -0.2) is 34.7 Å². The Morgan fingerprint density at radius 1 is 1.23 bits per heavy atom. The number of para-hydroxylation sites is 2. The maximum Gasteiger partial charge on any atom is 0.157 e. The maximum atomic E-state index is 9.81. The normalized spacial score (nSPS) is 20.7. The first-order valence-electron chi connectivity index (χ1n) is 9.28. The molecule has 3 aromatic rings. The van der Waals surface area contributed by atoms with Crippen molar-refractivity contribution in [3.8, 4) is 6.07 Å². The second kappa shape index (κ2) is 6.30. The van der Waals surface area contributed by atoms with Crippen LogP contribution < -0.4 is 4.90 Å². The van der Waals surface area contributed by atoms with Gasteiger partial charge in [-0.2, -0.15) is 5.26 Å². The summed E-state index contributed by atoms with van der Waals surface area (Å²) in [5.74, 6) is 1.16. The third kappa shape index (κ3) is 2.45. The van der Waals surface area contributed by atoms with E-state index in [-0.39, 0.29) is 12.2 Å². The minimum atomic E-state index is 0.171. The summed E-state index contributed by atoms with van der Waals surface area (Å²) in [4.78, 5) is 7.21. The second-order valence-corrected chi connectivity index (χ2v) is 7.19. The SMILES string of the molecule is CCc1c(C)c(C#N)c2nc3ccccc3n2c1N1CC(C)OC(C)C1. The van der Waals surface area contributed by atoms with Crippen molar-refractivity contribution in [1.29, 1.82) is 5.26 Å². The molecule has 0 radical (unpaired) electrons. The van der Waals surface area contributed by atoms with Gasteiger partial charge in [-0.25, -0.2) is 4.98 Å². The Labute approximate surface area is 153 Å². The molecular weight excluding hydrogens is 324 g/mol. The molecule has 2 aromatic heterocycles. The Hall–Kier alpha value is -2.58. The highest BCUT2D eigenvalue weighted by Crippen LogP contribution is 2.34. The van der Waals surface area contributed by atoms with Crippen molar-refractivity contribution in [2.75, 3.05) is 18.0 Å². The number of nitrogens with zero attached hydrogens (tertiary/aromatic N) is 4. The largest absolute Gasteiger partial charge is 0.372 e. The van der Waals surface area contributed by atoms with Gasteiger partial charge in [-0.15, -0.1) is 0 Å². The van der Waals surface area contributed by atoms with Crippen molar-refractivity contribution in [2.24, 2.45) is 0 Å². The van der Waals surface area contributed by atoms with Crippen LogP contribution in [0.1, 0.15) is 37.5 Å². The number of fused-ring (bicyclic) bond motifs is 3. The van der Waals surface area contributed by atoms with Gasteiger partial charge >= 0.3 is 0 Å². The van der Waals surface area contributed by atoms with Gasteiger partial charge in [0.25, 0.3) is 0 Å². The lowest BCUT2D eigenvalue weighted by molar-refractivity contribution is -0.00555. The van der Waals surface area contributed by atoms with Gasteiger partial charge < -0.3 is 9.64 Å². The zero-order chi connectivity index (χ0) is 18.4. The van der Waals surface area contributed by atoms with Crippen molar-refractivity contribution in [3.63, 3.8) is 0 Å². The number of rotatable bonds is 2.